The lowest BCUT2D eigenvalue weighted by Crippen LogP contribution is -2.26. The van der Waals surface area contributed by atoms with Gasteiger partial charge in [0.2, 0.25) is 0 Å². The second-order valence-corrected chi connectivity index (χ2v) is 7.30. The summed E-state index contributed by atoms with van der Waals surface area (Å²) in [6.07, 6.45) is 3.61. The first-order valence-electron chi connectivity index (χ1n) is 9.59. The summed E-state index contributed by atoms with van der Waals surface area (Å²) < 4.78 is 38.5. The number of nitrogens with zero attached hydrogens (tertiary/aromatic N) is 1. The van der Waals surface area contributed by atoms with Crippen LogP contribution >= 0.6 is 0 Å². The topological polar surface area (TPSA) is 32.3 Å². The number of alkyl halides is 3. The number of halogens is 3. The molecule has 0 radical (unpaired) electrons. The van der Waals surface area contributed by atoms with Crippen LogP contribution in [0.2, 0.25) is 0 Å². The number of carbonyl (C=O) groups is 1. The van der Waals surface area contributed by atoms with Gasteiger partial charge in [-0.2, -0.15) is 13.2 Å². The van der Waals surface area contributed by atoms with E-state index in [1.807, 2.05) is 18.2 Å². The molecule has 1 amide bonds. The Kier molecular flexibility index (Phi) is 5.18. The average Bonchev–Trinajstić information content (AvgIpc) is 2.87. The SMILES string of the molecule is O=C(NCc1cccc(C(F)(F)F)c1)c1ccc2c(c1)CCN(C1=CC=C1)CC2. The second-order valence-electron chi connectivity index (χ2n) is 7.30. The molecule has 1 heterocycles. The zero-order valence-electron chi connectivity index (χ0n) is 15.8. The minimum atomic E-state index is -4.39. The molecule has 1 aliphatic heterocycles. The minimum absolute atomic E-state index is 0.0497. The Morgan fingerprint density at radius 2 is 1.79 bits per heavy atom. The zero-order valence-corrected chi connectivity index (χ0v) is 15.8. The lowest BCUT2D eigenvalue weighted by molar-refractivity contribution is -0.137. The molecular weight excluding hydrogens is 377 g/mol. The highest BCUT2D eigenvalue weighted by molar-refractivity contribution is 5.94. The van der Waals surface area contributed by atoms with E-state index in [0.29, 0.717) is 11.1 Å². The molecule has 0 aromatic heterocycles. The molecule has 0 unspecified atom stereocenters. The molecule has 0 bridgehead atoms. The first kappa shape index (κ1) is 19.3. The van der Waals surface area contributed by atoms with Crippen LogP contribution in [-0.4, -0.2) is 23.9 Å². The van der Waals surface area contributed by atoms with Gasteiger partial charge in [-0.25, -0.2) is 0 Å². The summed E-state index contributed by atoms with van der Waals surface area (Å²) in [7, 11) is 0. The third kappa shape index (κ3) is 4.36. The molecule has 2 aromatic carbocycles. The minimum Gasteiger partial charge on any atom is -0.371 e. The second kappa shape index (κ2) is 7.78. The van der Waals surface area contributed by atoms with E-state index in [1.54, 1.807) is 12.1 Å². The summed E-state index contributed by atoms with van der Waals surface area (Å²) in [5.74, 6) is -0.282. The van der Waals surface area contributed by atoms with Crippen molar-refractivity contribution in [3.63, 3.8) is 0 Å². The summed E-state index contributed by atoms with van der Waals surface area (Å²) in [6, 6.07) is 10.7. The third-order valence-electron chi connectivity index (χ3n) is 5.38. The molecule has 2 aromatic rings. The molecule has 0 fully saturated rings. The van der Waals surface area contributed by atoms with Crippen molar-refractivity contribution in [2.45, 2.75) is 25.6 Å². The number of fused-ring (bicyclic) bond motifs is 1. The van der Waals surface area contributed by atoms with Crippen LogP contribution in [0.25, 0.3) is 0 Å². The first-order valence-corrected chi connectivity index (χ1v) is 9.59. The number of nitrogens with one attached hydrogen (secondary N) is 1. The molecule has 0 atom stereocenters. The van der Waals surface area contributed by atoms with Gasteiger partial charge in [-0.1, -0.05) is 24.3 Å². The van der Waals surface area contributed by atoms with Gasteiger partial charge in [-0.3, -0.25) is 4.79 Å². The third-order valence-corrected chi connectivity index (χ3v) is 5.38. The van der Waals surface area contributed by atoms with Gasteiger partial charge in [0, 0.05) is 30.9 Å². The maximum absolute atomic E-state index is 12.8. The van der Waals surface area contributed by atoms with E-state index in [0.717, 1.165) is 43.6 Å². The van der Waals surface area contributed by atoms with Crippen LogP contribution in [-0.2, 0) is 25.6 Å². The predicted octanol–water partition coefficient (Wildman–Crippen LogP) is 4.49. The Balaban J connectivity index is 1.41. The fourth-order valence-corrected chi connectivity index (χ4v) is 3.66. The zero-order chi connectivity index (χ0) is 20.4. The van der Waals surface area contributed by atoms with E-state index in [4.69, 9.17) is 0 Å². The highest BCUT2D eigenvalue weighted by Crippen LogP contribution is 2.29. The molecular formula is C23H21F3N2O. The number of allylic oxidation sites excluding steroid dienone is 3. The smallest absolute Gasteiger partial charge is 0.371 e. The van der Waals surface area contributed by atoms with Gasteiger partial charge in [0.1, 0.15) is 0 Å². The number of rotatable bonds is 4. The van der Waals surface area contributed by atoms with Crippen molar-refractivity contribution in [3.8, 4) is 0 Å². The Bertz CT molecular complexity index is 992. The number of carbonyl (C=O) groups excluding carboxylic acids is 1. The van der Waals surface area contributed by atoms with E-state index in [9.17, 15) is 18.0 Å². The van der Waals surface area contributed by atoms with Crippen LogP contribution in [0.15, 0.2) is 66.4 Å². The van der Waals surface area contributed by atoms with E-state index < -0.39 is 11.7 Å². The van der Waals surface area contributed by atoms with Crippen molar-refractivity contribution in [3.05, 3.63) is 94.2 Å². The van der Waals surface area contributed by atoms with Crippen LogP contribution in [0.4, 0.5) is 13.2 Å². The van der Waals surface area contributed by atoms with Crippen LogP contribution in [0.3, 0.4) is 0 Å². The van der Waals surface area contributed by atoms with Gasteiger partial charge >= 0.3 is 6.18 Å². The molecule has 1 N–H and O–H groups in total. The summed E-state index contributed by atoms with van der Waals surface area (Å²) in [6.45, 7) is 1.90. The molecule has 3 nitrogen and oxygen atoms in total. The lowest BCUT2D eigenvalue weighted by Gasteiger charge is -2.26. The molecule has 1 aliphatic carbocycles. The molecule has 2 aliphatic rings. The van der Waals surface area contributed by atoms with Gasteiger partial charge in [-0.15, -0.1) is 0 Å². The van der Waals surface area contributed by atoms with Crippen molar-refractivity contribution < 1.29 is 18.0 Å². The highest BCUT2D eigenvalue weighted by Gasteiger charge is 2.30. The Morgan fingerprint density at radius 1 is 1.03 bits per heavy atom. The fraction of sp³-hybridized carbons (Fsp3) is 0.261. The normalized spacial score (nSPS) is 15.8. The van der Waals surface area contributed by atoms with E-state index in [2.05, 4.69) is 22.4 Å². The quantitative estimate of drug-likeness (QED) is 0.823. The molecule has 6 heteroatoms. The molecule has 4 rings (SSSR count). The van der Waals surface area contributed by atoms with Crippen LogP contribution in [0.1, 0.15) is 32.6 Å². The summed E-state index contributed by atoms with van der Waals surface area (Å²) in [5, 5.41) is 2.73. The van der Waals surface area contributed by atoms with E-state index in [-0.39, 0.29) is 12.5 Å². The molecule has 0 spiro atoms. The van der Waals surface area contributed by atoms with Gasteiger partial charge in [0.15, 0.2) is 0 Å². The Morgan fingerprint density at radius 3 is 2.48 bits per heavy atom. The van der Waals surface area contributed by atoms with Crippen molar-refractivity contribution in [2.24, 2.45) is 0 Å². The van der Waals surface area contributed by atoms with Gasteiger partial charge in [0.25, 0.3) is 5.91 Å². The lowest BCUT2D eigenvalue weighted by atomic mass is 10.00. The average molecular weight is 398 g/mol. The van der Waals surface area contributed by atoms with Gasteiger partial charge < -0.3 is 10.2 Å². The summed E-state index contributed by atoms with van der Waals surface area (Å²) >= 11 is 0. The Labute approximate surface area is 167 Å². The predicted molar refractivity (Wildman–Crippen MR) is 105 cm³/mol. The van der Waals surface area contributed by atoms with Gasteiger partial charge in [0.05, 0.1) is 5.56 Å². The maximum Gasteiger partial charge on any atom is 0.416 e. The number of hydrogen-bond acceptors (Lipinski definition) is 2. The van der Waals surface area contributed by atoms with Crippen molar-refractivity contribution in [2.75, 3.05) is 13.1 Å². The highest BCUT2D eigenvalue weighted by atomic mass is 19.4. The van der Waals surface area contributed by atoms with Crippen LogP contribution in [0, 0.1) is 0 Å². The molecule has 150 valence electrons. The number of benzene rings is 2. The van der Waals surface area contributed by atoms with Crippen molar-refractivity contribution in [1.29, 1.82) is 0 Å². The monoisotopic (exact) mass is 398 g/mol. The standard InChI is InChI=1S/C23H21F3N2O/c24-23(25,26)20-4-1-3-16(13-20)15-27-22(29)19-8-7-17-9-11-28(21-5-2-6-21)12-10-18(17)14-19/h1-8,13-14H,9-12,15H2,(H,27,29). The molecule has 29 heavy (non-hydrogen) atoms. The fourth-order valence-electron chi connectivity index (χ4n) is 3.66. The van der Waals surface area contributed by atoms with Crippen molar-refractivity contribution >= 4 is 5.91 Å². The molecule has 0 saturated carbocycles. The van der Waals surface area contributed by atoms with E-state index in [1.165, 1.54) is 17.3 Å². The van der Waals surface area contributed by atoms with E-state index >= 15 is 0 Å². The Hall–Kier alpha value is -3.02. The first-order chi connectivity index (χ1) is 13.9. The number of amides is 1. The summed E-state index contributed by atoms with van der Waals surface area (Å²) in [4.78, 5) is 14.9. The summed E-state index contributed by atoms with van der Waals surface area (Å²) in [5.41, 5.74) is 3.88. The number of hydrogen-bond donors (Lipinski definition) is 1. The van der Waals surface area contributed by atoms with Crippen LogP contribution in [0.5, 0.6) is 0 Å². The van der Waals surface area contributed by atoms with Crippen LogP contribution < -0.4 is 5.32 Å². The van der Waals surface area contributed by atoms with Crippen molar-refractivity contribution in [1.82, 2.24) is 10.2 Å². The maximum atomic E-state index is 12.8. The largest absolute Gasteiger partial charge is 0.416 e. The molecule has 0 saturated heterocycles. The van der Waals surface area contributed by atoms with Gasteiger partial charge in [-0.05, 0) is 65.9 Å².